The van der Waals surface area contributed by atoms with E-state index in [2.05, 4.69) is 29.7 Å². The van der Waals surface area contributed by atoms with E-state index in [1.807, 2.05) is 19.2 Å². The predicted molar refractivity (Wildman–Crippen MR) is 110 cm³/mol. The van der Waals surface area contributed by atoms with Crippen LogP contribution in [0.4, 0.5) is 0 Å². The van der Waals surface area contributed by atoms with Crippen molar-refractivity contribution in [3.8, 4) is 11.5 Å². The number of rotatable bonds is 9. The van der Waals surface area contributed by atoms with E-state index in [-0.39, 0.29) is 12.2 Å². The minimum Gasteiger partial charge on any atom is -0.493 e. The molecule has 2 aliphatic heterocycles. The molecule has 0 aliphatic carbocycles. The number of benzene rings is 1. The van der Waals surface area contributed by atoms with E-state index >= 15 is 0 Å². The molecule has 0 saturated carbocycles. The van der Waals surface area contributed by atoms with E-state index in [0.29, 0.717) is 18.3 Å². The van der Waals surface area contributed by atoms with Crippen molar-refractivity contribution in [2.24, 2.45) is 0 Å². The minimum absolute atomic E-state index is 0.191. The average molecular weight is 393 g/mol. The second kappa shape index (κ2) is 9.44. The lowest BCUT2D eigenvalue weighted by atomic mass is 9.84. The van der Waals surface area contributed by atoms with Crippen LogP contribution in [-0.2, 0) is 11.3 Å². The lowest BCUT2D eigenvalue weighted by molar-refractivity contribution is -0.173. The van der Waals surface area contributed by atoms with Crippen molar-refractivity contribution in [1.29, 1.82) is 0 Å². The maximum atomic E-state index is 10.2. The molecule has 0 unspecified atom stereocenters. The highest BCUT2D eigenvalue weighted by Crippen LogP contribution is 2.37. The Hall–Kier alpha value is -1.34. The molecule has 2 fully saturated rings. The van der Waals surface area contributed by atoms with Crippen molar-refractivity contribution >= 4 is 0 Å². The summed E-state index contributed by atoms with van der Waals surface area (Å²) in [5.41, 5.74) is 1.41. The molecule has 2 saturated heterocycles. The van der Waals surface area contributed by atoms with Crippen molar-refractivity contribution in [3.05, 3.63) is 23.8 Å². The molecule has 1 atom stereocenters. The zero-order chi connectivity index (χ0) is 20.1. The van der Waals surface area contributed by atoms with Crippen LogP contribution in [0.2, 0.25) is 0 Å². The first-order valence-electron chi connectivity index (χ1n) is 10.4. The molecular weight excluding hydrogens is 356 g/mol. The summed E-state index contributed by atoms with van der Waals surface area (Å²) >= 11 is 0. The number of methoxy groups -OCH3 is 1. The Morgan fingerprint density at radius 1 is 1.21 bits per heavy atom. The molecule has 1 spiro atoms. The normalized spacial score (nSPS) is 20.4. The maximum Gasteiger partial charge on any atom is 0.161 e. The van der Waals surface area contributed by atoms with Gasteiger partial charge in [0, 0.05) is 32.2 Å². The van der Waals surface area contributed by atoms with Gasteiger partial charge in [-0.05, 0) is 57.9 Å². The highest BCUT2D eigenvalue weighted by Gasteiger charge is 2.40. The molecule has 0 bridgehead atoms. The number of piperidine rings is 1. The molecule has 1 aromatic carbocycles. The summed E-state index contributed by atoms with van der Waals surface area (Å²) in [6.07, 6.45) is 2.95. The zero-order valence-electron chi connectivity index (χ0n) is 17.8. The van der Waals surface area contributed by atoms with Crippen LogP contribution in [0.15, 0.2) is 18.2 Å². The summed E-state index contributed by atoms with van der Waals surface area (Å²) in [5.74, 6) is 1.40. The fourth-order valence-corrected chi connectivity index (χ4v) is 3.87. The summed E-state index contributed by atoms with van der Waals surface area (Å²) in [5, 5.41) is 10.2. The number of likely N-dealkylation sites (tertiary alicyclic amines) is 1. The fraction of sp³-hybridized carbons (Fsp3) is 0.727. The Morgan fingerprint density at radius 2 is 1.93 bits per heavy atom. The average Bonchev–Trinajstić information content (AvgIpc) is 2.66. The van der Waals surface area contributed by atoms with Crippen LogP contribution in [0.5, 0.6) is 11.5 Å². The first kappa shape index (κ1) is 21.4. The van der Waals surface area contributed by atoms with E-state index in [1.165, 1.54) is 12.0 Å². The van der Waals surface area contributed by atoms with Gasteiger partial charge in [0.2, 0.25) is 0 Å². The third-order valence-corrected chi connectivity index (χ3v) is 6.18. The van der Waals surface area contributed by atoms with Gasteiger partial charge in [-0.15, -0.1) is 0 Å². The summed E-state index contributed by atoms with van der Waals surface area (Å²) in [6.45, 7) is 9.05. The first-order chi connectivity index (χ1) is 13.4. The number of likely N-dealkylation sites (N-methyl/N-ethyl adjacent to an activating group) is 1. The molecule has 3 rings (SSSR count). The van der Waals surface area contributed by atoms with Crippen LogP contribution in [-0.4, -0.2) is 79.7 Å². The van der Waals surface area contributed by atoms with E-state index in [4.69, 9.17) is 14.2 Å². The molecule has 0 amide bonds. The third-order valence-electron chi connectivity index (χ3n) is 6.18. The van der Waals surface area contributed by atoms with E-state index < -0.39 is 6.10 Å². The summed E-state index contributed by atoms with van der Waals surface area (Å²) in [7, 11) is 3.66. The van der Waals surface area contributed by atoms with Crippen LogP contribution in [0.3, 0.4) is 0 Å². The number of hydrogen-bond donors (Lipinski definition) is 1. The van der Waals surface area contributed by atoms with Gasteiger partial charge in [0.25, 0.3) is 0 Å². The van der Waals surface area contributed by atoms with Gasteiger partial charge in [-0.25, -0.2) is 0 Å². The van der Waals surface area contributed by atoms with Gasteiger partial charge < -0.3 is 24.2 Å². The molecule has 6 nitrogen and oxygen atoms in total. The largest absolute Gasteiger partial charge is 0.493 e. The monoisotopic (exact) mass is 392 g/mol. The SMILES string of the molecule is COc1cc(CN2CCC3(CCO3)CC2)ccc1OC[C@H](O)CN(C)C(C)C. The Morgan fingerprint density at radius 3 is 2.50 bits per heavy atom. The molecular formula is C22H36N2O4. The van der Waals surface area contributed by atoms with E-state index in [0.717, 1.165) is 44.8 Å². The van der Waals surface area contributed by atoms with Crippen LogP contribution in [0, 0.1) is 0 Å². The van der Waals surface area contributed by atoms with Crippen LogP contribution < -0.4 is 9.47 Å². The van der Waals surface area contributed by atoms with Crippen LogP contribution in [0.25, 0.3) is 0 Å². The van der Waals surface area contributed by atoms with Gasteiger partial charge in [-0.1, -0.05) is 6.07 Å². The summed E-state index contributed by atoms with van der Waals surface area (Å²) < 4.78 is 17.2. The van der Waals surface area contributed by atoms with Gasteiger partial charge in [0.15, 0.2) is 11.5 Å². The lowest BCUT2D eigenvalue weighted by Gasteiger charge is -2.47. The van der Waals surface area contributed by atoms with E-state index in [1.54, 1.807) is 7.11 Å². The standard InChI is InChI=1S/C22H36N2O4/c1-17(2)23(3)15-19(25)16-27-20-6-5-18(13-21(20)26-4)14-24-10-7-22(8-11-24)9-12-28-22/h5-6,13,17,19,25H,7-12,14-16H2,1-4H3/t19-/m1/s1. The van der Waals surface area contributed by atoms with Crippen molar-refractivity contribution in [2.75, 3.05) is 47.0 Å². The molecule has 2 aliphatic rings. The van der Waals surface area contributed by atoms with Crippen LogP contribution >= 0.6 is 0 Å². The topological polar surface area (TPSA) is 54.4 Å². The molecule has 158 valence electrons. The summed E-state index contributed by atoms with van der Waals surface area (Å²) in [4.78, 5) is 4.58. The third kappa shape index (κ3) is 5.38. The predicted octanol–water partition coefficient (Wildman–Crippen LogP) is 2.53. The minimum atomic E-state index is -0.536. The lowest BCUT2D eigenvalue weighted by Crippen LogP contribution is -2.52. The molecule has 1 aromatic rings. The second-order valence-electron chi connectivity index (χ2n) is 8.54. The molecule has 0 radical (unpaired) electrons. The number of aliphatic hydroxyl groups excluding tert-OH is 1. The van der Waals surface area contributed by atoms with Gasteiger partial charge in [-0.3, -0.25) is 4.90 Å². The van der Waals surface area contributed by atoms with Gasteiger partial charge >= 0.3 is 0 Å². The Balaban J connectivity index is 1.50. The Bertz CT molecular complexity index is 623. The number of aliphatic hydroxyl groups is 1. The number of nitrogens with zero attached hydrogens (tertiary/aromatic N) is 2. The number of hydrogen-bond acceptors (Lipinski definition) is 6. The first-order valence-corrected chi connectivity index (χ1v) is 10.4. The molecule has 6 heteroatoms. The highest BCUT2D eigenvalue weighted by molar-refractivity contribution is 5.43. The van der Waals surface area contributed by atoms with Gasteiger partial charge in [0.1, 0.15) is 12.7 Å². The second-order valence-corrected chi connectivity index (χ2v) is 8.54. The van der Waals surface area contributed by atoms with Crippen LogP contribution in [0.1, 0.15) is 38.7 Å². The fourth-order valence-electron chi connectivity index (χ4n) is 3.87. The van der Waals surface area contributed by atoms with E-state index in [9.17, 15) is 5.11 Å². The quantitative estimate of drug-likeness (QED) is 0.697. The van der Waals surface area contributed by atoms with Gasteiger partial charge in [0.05, 0.1) is 19.3 Å². The smallest absolute Gasteiger partial charge is 0.161 e. The molecule has 1 N–H and O–H groups in total. The Kier molecular flexibility index (Phi) is 7.20. The van der Waals surface area contributed by atoms with Crippen molar-refractivity contribution < 1.29 is 19.3 Å². The molecule has 2 heterocycles. The van der Waals surface area contributed by atoms with Crippen molar-refractivity contribution in [2.45, 2.75) is 57.4 Å². The summed E-state index contributed by atoms with van der Waals surface area (Å²) in [6, 6.07) is 6.48. The zero-order valence-corrected chi connectivity index (χ0v) is 17.8. The number of ether oxygens (including phenoxy) is 3. The highest BCUT2D eigenvalue weighted by atomic mass is 16.5. The Labute approximate surface area is 169 Å². The van der Waals surface area contributed by atoms with Gasteiger partial charge in [-0.2, -0.15) is 0 Å². The van der Waals surface area contributed by atoms with Crippen molar-refractivity contribution in [3.63, 3.8) is 0 Å². The molecule has 0 aromatic heterocycles. The molecule has 28 heavy (non-hydrogen) atoms. The maximum absolute atomic E-state index is 10.2. The van der Waals surface area contributed by atoms with Crippen molar-refractivity contribution in [1.82, 2.24) is 9.80 Å².